The summed E-state index contributed by atoms with van der Waals surface area (Å²) < 4.78 is 7.49. The second-order valence-corrected chi connectivity index (χ2v) is 6.24. The standard InChI is InChI=1S/C18H24N4O2/c1-20-13-16(11-19-20)21(2)18(23)10-17-14-22(8-9-24-17)12-15-6-4-3-5-7-15/h3-7,11,13,17H,8-10,12,14H2,1-2H3/t17-/m0/s1. The summed E-state index contributed by atoms with van der Waals surface area (Å²) in [6, 6.07) is 10.4. The maximum Gasteiger partial charge on any atom is 0.229 e. The number of benzene rings is 1. The Morgan fingerprint density at radius 3 is 2.88 bits per heavy atom. The third kappa shape index (κ3) is 4.21. The number of amides is 1. The summed E-state index contributed by atoms with van der Waals surface area (Å²) in [6.07, 6.45) is 3.85. The lowest BCUT2D eigenvalue weighted by atomic mass is 10.1. The number of rotatable bonds is 5. The van der Waals surface area contributed by atoms with E-state index in [4.69, 9.17) is 4.74 Å². The van der Waals surface area contributed by atoms with E-state index in [-0.39, 0.29) is 12.0 Å². The highest BCUT2D eigenvalue weighted by molar-refractivity contribution is 5.92. The minimum absolute atomic E-state index is 0.0505. The Balaban J connectivity index is 1.54. The van der Waals surface area contributed by atoms with Crippen molar-refractivity contribution in [3.8, 4) is 0 Å². The molecule has 0 spiro atoms. The molecule has 1 aromatic carbocycles. The number of ether oxygens (including phenoxy) is 1. The second-order valence-electron chi connectivity index (χ2n) is 6.24. The zero-order chi connectivity index (χ0) is 16.9. The van der Waals surface area contributed by atoms with Crippen molar-refractivity contribution in [3.05, 3.63) is 48.3 Å². The fourth-order valence-electron chi connectivity index (χ4n) is 2.95. The van der Waals surface area contributed by atoms with Crippen LogP contribution in [0.5, 0.6) is 0 Å². The van der Waals surface area contributed by atoms with Crippen LogP contribution in [0.4, 0.5) is 5.69 Å². The highest BCUT2D eigenvalue weighted by atomic mass is 16.5. The van der Waals surface area contributed by atoms with Gasteiger partial charge >= 0.3 is 0 Å². The van der Waals surface area contributed by atoms with Crippen molar-refractivity contribution in [2.45, 2.75) is 19.1 Å². The second kappa shape index (κ2) is 7.59. The number of hydrogen-bond acceptors (Lipinski definition) is 4. The van der Waals surface area contributed by atoms with E-state index in [2.05, 4.69) is 34.3 Å². The number of aryl methyl sites for hydroxylation is 1. The molecule has 6 nitrogen and oxygen atoms in total. The van der Waals surface area contributed by atoms with Crippen LogP contribution in [0.3, 0.4) is 0 Å². The maximum atomic E-state index is 12.5. The molecular weight excluding hydrogens is 304 g/mol. The van der Waals surface area contributed by atoms with Crippen molar-refractivity contribution >= 4 is 11.6 Å². The van der Waals surface area contributed by atoms with Gasteiger partial charge in [0.25, 0.3) is 0 Å². The van der Waals surface area contributed by atoms with Crippen LogP contribution >= 0.6 is 0 Å². The third-order valence-electron chi connectivity index (χ3n) is 4.33. The average molecular weight is 328 g/mol. The van der Waals surface area contributed by atoms with Gasteiger partial charge in [-0.3, -0.25) is 14.4 Å². The van der Waals surface area contributed by atoms with Crippen LogP contribution in [0, 0.1) is 0 Å². The Bertz CT molecular complexity index is 671. The molecule has 1 fully saturated rings. The first kappa shape index (κ1) is 16.7. The van der Waals surface area contributed by atoms with Gasteiger partial charge in [0.05, 0.1) is 31.0 Å². The summed E-state index contributed by atoms with van der Waals surface area (Å²) in [4.78, 5) is 16.5. The van der Waals surface area contributed by atoms with E-state index in [0.717, 1.165) is 25.3 Å². The normalized spacial score (nSPS) is 18.5. The molecule has 0 radical (unpaired) electrons. The molecule has 1 aromatic heterocycles. The molecule has 1 aliphatic heterocycles. The van der Waals surface area contributed by atoms with Gasteiger partial charge in [-0.25, -0.2) is 0 Å². The fraction of sp³-hybridized carbons (Fsp3) is 0.444. The van der Waals surface area contributed by atoms with Crippen LogP contribution in [-0.2, 0) is 23.1 Å². The highest BCUT2D eigenvalue weighted by Gasteiger charge is 2.25. The van der Waals surface area contributed by atoms with Crippen LogP contribution in [0.25, 0.3) is 0 Å². The molecule has 24 heavy (non-hydrogen) atoms. The summed E-state index contributed by atoms with van der Waals surface area (Å²) in [5, 5.41) is 4.11. The number of carbonyl (C=O) groups is 1. The number of hydrogen-bond donors (Lipinski definition) is 0. The highest BCUT2D eigenvalue weighted by Crippen LogP contribution is 2.16. The van der Waals surface area contributed by atoms with E-state index in [9.17, 15) is 4.79 Å². The quantitative estimate of drug-likeness (QED) is 0.838. The van der Waals surface area contributed by atoms with Gasteiger partial charge in [-0.05, 0) is 5.56 Å². The number of aromatic nitrogens is 2. The van der Waals surface area contributed by atoms with E-state index in [1.165, 1.54) is 5.56 Å². The van der Waals surface area contributed by atoms with Gasteiger partial charge in [0.1, 0.15) is 0 Å². The van der Waals surface area contributed by atoms with E-state index in [1.54, 1.807) is 22.8 Å². The molecule has 1 atom stereocenters. The SMILES string of the molecule is CN(C(=O)C[C@H]1CN(Cc2ccccc2)CCO1)c1cnn(C)c1. The minimum Gasteiger partial charge on any atom is -0.375 e. The van der Waals surface area contributed by atoms with Crippen LogP contribution in [0.15, 0.2) is 42.7 Å². The van der Waals surface area contributed by atoms with Gasteiger partial charge in [0.15, 0.2) is 0 Å². The average Bonchev–Trinajstić information content (AvgIpc) is 3.02. The van der Waals surface area contributed by atoms with Crippen molar-refractivity contribution < 1.29 is 9.53 Å². The van der Waals surface area contributed by atoms with E-state index in [1.807, 2.05) is 19.3 Å². The van der Waals surface area contributed by atoms with E-state index < -0.39 is 0 Å². The predicted octanol–water partition coefficient (Wildman–Crippen LogP) is 1.67. The van der Waals surface area contributed by atoms with Crippen molar-refractivity contribution in [1.82, 2.24) is 14.7 Å². The molecule has 0 aliphatic carbocycles. The van der Waals surface area contributed by atoms with Gasteiger partial charge in [-0.15, -0.1) is 0 Å². The number of anilines is 1. The molecule has 3 rings (SSSR count). The first-order valence-corrected chi connectivity index (χ1v) is 8.25. The Morgan fingerprint density at radius 1 is 1.38 bits per heavy atom. The summed E-state index contributed by atoms with van der Waals surface area (Å²) in [6.45, 7) is 3.24. The molecule has 1 saturated heterocycles. The molecule has 2 aromatic rings. The first-order chi connectivity index (χ1) is 11.6. The third-order valence-corrected chi connectivity index (χ3v) is 4.33. The van der Waals surface area contributed by atoms with Crippen molar-refractivity contribution in [1.29, 1.82) is 0 Å². The van der Waals surface area contributed by atoms with Crippen LogP contribution in [-0.4, -0.2) is 53.4 Å². The van der Waals surface area contributed by atoms with Gasteiger partial charge in [0.2, 0.25) is 5.91 Å². The maximum absolute atomic E-state index is 12.5. The number of morpholine rings is 1. The van der Waals surface area contributed by atoms with Crippen LogP contribution < -0.4 is 4.90 Å². The molecule has 128 valence electrons. The van der Waals surface area contributed by atoms with Gasteiger partial charge in [-0.1, -0.05) is 30.3 Å². The topological polar surface area (TPSA) is 50.6 Å². The lowest BCUT2D eigenvalue weighted by molar-refractivity contribution is -0.123. The van der Waals surface area contributed by atoms with Crippen molar-refractivity contribution in [2.24, 2.45) is 7.05 Å². The zero-order valence-electron chi connectivity index (χ0n) is 14.3. The zero-order valence-corrected chi connectivity index (χ0v) is 14.3. The molecule has 1 amide bonds. The Labute approximate surface area is 142 Å². The number of carbonyl (C=O) groups excluding carboxylic acids is 1. The van der Waals surface area contributed by atoms with Crippen molar-refractivity contribution in [3.63, 3.8) is 0 Å². The molecule has 2 heterocycles. The largest absolute Gasteiger partial charge is 0.375 e. The Hall–Kier alpha value is -2.18. The summed E-state index contributed by atoms with van der Waals surface area (Å²) in [5.41, 5.74) is 2.09. The molecule has 0 bridgehead atoms. The summed E-state index contributed by atoms with van der Waals surface area (Å²) >= 11 is 0. The molecule has 0 N–H and O–H groups in total. The predicted molar refractivity (Wildman–Crippen MR) is 92.7 cm³/mol. The van der Waals surface area contributed by atoms with E-state index in [0.29, 0.717) is 13.0 Å². The van der Waals surface area contributed by atoms with Crippen LogP contribution in [0.2, 0.25) is 0 Å². The number of nitrogens with zero attached hydrogens (tertiary/aromatic N) is 4. The summed E-state index contributed by atoms with van der Waals surface area (Å²) in [5.74, 6) is 0.0505. The molecular formula is C18H24N4O2. The van der Waals surface area contributed by atoms with Gasteiger partial charge in [-0.2, -0.15) is 5.10 Å². The molecule has 1 aliphatic rings. The lowest BCUT2D eigenvalue weighted by Crippen LogP contribution is -2.44. The Morgan fingerprint density at radius 2 is 2.17 bits per heavy atom. The minimum atomic E-state index is -0.0610. The summed E-state index contributed by atoms with van der Waals surface area (Å²) in [7, 11) is 3.62. The van der Waals surface area contributed by atoms with E-state index >= 15 is 0 Å². The monoisotopic (exact) mass is 328 g/mol. The van der Waals surface area contributed by atoms with Crippen LogP contribution in [0.1, 0.15) is 12.0 Å². The first-order valence-electron chi connectivity index (χ1n) is 8.25. The van der Waals surface area contributed by atoms with Crippen molar-refractivity contribution in [2.75, 3.05) is 31.6 Å². The lowest BCUT2D eigenvalue weighted by Gasteiger charge is -2.33. The van der Waals surface area contributed by atoms with Gasteiger partial charge < -0.3 is 9.64 Å². The molecule has 0 unspecified atom stereocenters. The Kier molecular flexibility index (Phi) is 5.27. The van der Waals surface area contributed by atoms with Gasteiger partial charge in [0, 0.05) is 39.9 Å². The molecule has 6 heteroatoms. The molecule has 0 saturated carbocycles. The fourth-order valence-corrected chi connectivity index (χ4v) is 2.95. The smallest absolute Gasteiger partial charge is 0.229 e.